The summed E-state index contributed by atoms with van der Waals surface area (Å²) in [4.78, 5) is 16.9. The van der Waals surface area contributed by atoms with Crippen molar-refractivity contribution in [3.8, 4) is 11.5 Å². The van der Waals surface area contributed by atoms with E-state index >= 15 is 0 Å². The number of fused-ring (bicyclic) bond motifs is 2. The first-order valence-corrected chi connectivity index (χ1v) is 10.1. The van der Waals surface area contributed by atoms with Crippen molar-refractivity contribution in [3.05, 3.63) is 48.0 Å². The molecule has 1 amide bonds. The molecule has 2 fully saturated rings. The second-order valence-electron chi connectivity index (χ2n) is 7.80. The minimum absolute atomic E-state index is 0.0461. The lowest BCUT2D eigenvalue weighted by atomic mass is 10.0. The quantitative estimate of drug-likeness (QED) is 0.840. The number of nitrogens with one attached hydrogen (secondary N) is 1. The number of piperidine rings is 1. The highest BCUT2D eigenvalue weighted by Gasteiger charge is 2.32. The lowest BCUT2D eigenvalue weighted by Gasteiger charge is -2.40. The summed E-state index contributed by atoms with van der Waals surface area (Å²) in [5.41, 5.74) is 2.71. The monoisotopic (exact) mass is 379 g/mol. The minimum Gasteiger partial charge on any atom is -0.453 e. The van der Waals surface area contributed by atoms with Crippen molar-refractivity contribution in [2.75, 3.05) is 31.1 Å². The number of hydrogen-bond donors (Lipinski definition) is 2. The number of para-hydroxylation sites is 2. The molecule has 2 N–H and O–H groups in total. The van der Waals surface area contributed by atoms with Gasteiger partial charge in [0.1, 0.15) is 0 Å². The lowest BCUT2D eigenvalue weighted by Crippen LogP contribution is -2.41. The van der Waals surface area contributed by atoms with Gasteiger partial charge >= 0.3 is 0 Å². The van der Waals surface area contributed by atoms with Gasteiger partial charge in [0.25, 0.3) is 5.91 Å². The number of ether oxygens (including phenoxy) is 1. The fourth-order valence-corrected chi connectivity index (χ4v) is 4.49. The molecule has 3 aliphatic rings. The van der Waals surface area contributed by atoms with E-state index in [0.29, 0.717) is 31.1 Å². The summed E-state index contributed by atoms with van der Waals surface area (Å²) < 4.78 is 6.20. The van der Waals surface area contributed by atoms with E-state index in [1.165, 1.54) is 0 Å². The Hall–Kier alpha value is -2.57. The van der Waals surface area contributed by atoms with Crippen molar-refractivity contribution in [1.29, 1.82) is 0 Å². The number of anilines is 2. The summed E-state index contributed by atoms with van der Waals surface area (Å²) in [6.45, 7) is 3.02. The second-order valence-corrected chi connectivity index (χ2v) is 7.80. The van der Waals surface area contributed by atoms with Crippen molar-refractivity contribution >= 4 is 17.3 Å². The van der Waals surface area contributed by atoms with E-state index in [2.05, 4.69) is 16.3 Å². The van der Waals surface area contributed by atoms with E-state index in [0.717, 1.165) is 48.8 Å². The number of nitrogens with zero attached hydrogens (tertiary/aromatic N) is 2. The highest BCUT2D eigenvalue weighted by molar-refractivity contribution is 5.96. The molecule has 2 saturated heterocycles. The van der Waals surface area contributed by atoms with Crippen LogP contribution in [0.15, 0.2) is 42.5 Å². The third-order valence-electron chi connectivity index (χ3n) is 5.94. The maximum Gasteiger partial charge on any atom is 0.254 e. The summed E-state index contributed by atoms with van der Waals surface area (Å²) in [6, 6.07) is 14.3. The maximum absolute atomic E-state index is 12.8. The van der Waals surface area contributed by atoms with Gasteiger partial charge in [-0.15, -0.1) is 0 Å². The molecule has 5 rings (SSSR count). The van der Waals surface area contributed by atoms with Crippen LogP contribution in [0.3, 0.4) is 0 Å². The number of aliphatic hydroxyl groups excluding tert-OH is 1. The second kappa shape index (κ2) is 7.11. The van der Waals surface area contributed by atoms with Gasteiger partial charge in [-0.1, -0.05) is 12.1 Å². The fourth-order valence-electron chi connectivity index (χ4n) is 4.49. The molecule has 0 spiro atoms. The van der Waals surface area contributed by atoms with Crippen molar-refractivity contribution < 1.29 is 14.6 Å². The molecular formula is C22H25N3O3. The van der Waals surface area contributed by atoms with Crippen molar-refractivity contribution in [3.63, 3.8) is 0 Å². The van der Waals surface area contributed by atoms with Gasteiger partial charge in [0.05, 0.1) is 17.5 Å². The molecule has 1 unspecified atom stereocenters. The van der Waals surface area contributed by atoms with E-state index < -0.39 is 6.10 Å². The van der Waals surface area contributed by atoms with E-state index in [9.17, 15) is 9.90 Å². The maximum atomic E-state index is 12.8. The van der Waals surface area contributed by atoms with E-state index in [1.54, 1.807) is 4.90 Å². The van der Waals surface area contributed by atoms with Gasteiger partial charge in [-0.3, -0.25) is 4.79 Å². The summed E-state index contributed by atoms with van der Waals surface area (Å²) >= 11 is 0. The molecule has 1 atom stereocenters. The molecule has 146 valence electrons. The van der Waals surface area contributed by atoms with Crippen molar-refractivity contribution in [2.45, 2.75) is 31.4 Å². The van der Waals surface area contributed by atoms with Crippen molar-refractivity contribution in [2.24, 2.45) is 0 Å². The first kappa shape index (κ1) is 17.5. The van der Waals surface area contributed by atoms with E-state index in [4.69, 9.17) is 4.74 Å². The zero-order valence-electron chi connectivity index (χ0n) is 15.8. The van der Waals surface area contributed by atoms with Gasteiger partial charge < -0.3 is 25.0 Å². The van der Waals surface area contributed by atoms with Gasteiger partial charge in [0.2, 0.25) is 0 Å². The first-order valence-electron chi connectivity index (χ1n) is 10.1. The van der Waals surface area contributed by atoms with Crippen LogP contribution in [0.5, 0.6) is 11.5 Å². The molecule has 0 radical (unpaired) electrons. The molecule has 2 aromatic rings. The zero-order valence-corrected chi connectivity index (χ0v) is 15.8. The largest absolute Gasteiger partial charge is 0.453 e. The molecule has 3 aliphatic heterocycles. The number of carbonyl (C=O) groups excluding carboxylic acids is 1. The number of rotatable bonds is 2. The molecule has 0 saturated carbocycles. The molecule has 0 bridgehead atoms. The standard InChI is InChI=1S/C22H25N3O3/c26-17-9-12-24(14-17)22(27)15-5-6-19-21(13-15)28-20-4-2-1-3-18(20)25(19)16-7-10-23-11-8-16/h1-6,13,16-17,23,26H,7-12,14H2. The molecule has 28 heavy (non-hydrogen) atoms. The van der Waals surface area contributed by atoms with Crippen LogP contribution in [0, 0.1) is 0 Å². The highest BCUT2D eigenvalue weighted by atomic mass is 16.5. The van der Waals surface area contributed by atoms with Crippen LogP contribution in [0.1, 0.15) is 29.6 Å². The average molecular weight is 379 g/mol. The van der Waals surface area contributed by atoms with Gasteiger partial charge in [-0.25, -0.2) is 0 Å². The van der Waals surface area contributed by atoms with Gasteiger partial charge in [0, 0.05) is 24.7 Å². The fraction of sp³-hybridized carbons (Fsp3) is 0.409. The minimum atomic E-state index is -0.417. The summed E-state index contributed by atoms with van der Waals surface area (Å²) in [6.07, 6.45) is 2.37. The Balaban J connectivity index is 1.51. The Kier molecular flexibility index (Phi) is 4.45. The Morgan fingerprint density at radius 2 is 1.82 bits per heavy atom. The number of amides is 1. The smallest absolute Gasteiger partial charge is 0.254 e. The highest BCUT2D eigenvalue weighted by Crippen LogP contribution is 2.48. The van der Waals surface area contributed by atoms with Gasteiger partial charge in [-0.2, -0.15) is 0 Å². The molecule has 0 aliphatic carbocycles. The predicted octanol–water partition coefficient (Wildman–Crippen LogP) is 2.89. The Morgan fingerprint density at radius 1 is 1.04 bits per heavy atom. The lowest BCUT2D eigenvalue weighted by molar-refractivity contribution is 0.0764. The van der Waals surface area contributed by atoms with E-state index in [1.807, 2.05) is 36.4 Å². The number of benzene rings is 2. The number of hydrogen-bond acceptors (Lipinski definition) is 5. The van der Waals surface area contributed by atoms with Crippen LogP contribution in [0.25, 0.3) is 0 Å². The molecular weight excluding hydrogens is 354 g/mol. The van der Waals surface area contributed by atoms with Crippen LogP contribution in [0.2, 0.25) is 0 Å². The molecule has 2 aromatic carbocycles. The normalized spacial score (nSPS) is 21.8. The summed E-state index contributed by atoms with van der Waals surface area (Å²) in [5.74, 6) is 1.51. The van der Waals surface area contributed by atoms with Crippen LogP contribution in [-0.4, -0.2) is 54.2 Å². The average Bonchev–Trinajstić information content (AvgIpc) is 3.18. The molecule has 6 heteroatoms. The van der Waals surface area contributed by atoms with Crippen LogP contribution < -0.4 is 15.0 Å². The molecule has 3 heterocycles. The van der Waals surface area contributed by atoms with Crippen LogP contribution >= 0.6 is 0 Å². The Labute approximate surface area is 164 Å². The Bertz CT molecular complexity index is 894. The summed E-state index contributed by atoms with van der Waals surface area (Å²) in [7, 11) is 0. The summed E-state index contributed by atoms with van der Waals surface area (Å²) in [5, 5.41) is 13.2. The van der Waals surface area contributed by atoms with Crippen LogP contribution in [-0.2, 0) is 0 Å². The zero-order chi connectivity index (χ0) is 19.1. The molecule has 0 aromatic heterocycles. The van der Waals surface area contributed by atoms with Crippen LogP contribution in [0.4, 0.5) is 11.4 Å². The number of aliphatic hydroxyl groups is 1. The molecule has 6 nitrogen and oxygen atoms in total. The number of likely N-dealkylation sites (tertiary alicyclic amines) is 1. The van der Waals surface area contributed by atoms with E-state index in [-0.39, 0.29) is 5.91 Å². The van der Waals surface area contributed by atoms with Gasteiger partial charge in [0.15, 0.2) is 11.5 Å². The Morgan fingerprint density at radius 3 is 2.61 bits per heavy atom. The topological polar surface area (TPSA) is 65.0 Å². The first-order chi connectivity index (χ1) is 13.7. The third kappa shape index (κ3) is 3.02. The number of β-amino-alcohol motifs (C(OH)–C–C–N with tert-alkyl or cyclic N) is 1. The van der Waals surface area contributed by atoms with Gasteiger partial charge in [-0.05, 0) is 62.7 Å². The van der Waals surface area contributed by atoms with Crippen molar-refractivity contribution in [1.82, 2.24) is 10.2 Å². The predicted molar refractivity (Wildman–Crippen MR) is 108 cm³/mol. The third-order valence-corrected chi connectivity index (χ3v) is 5.94. The SMILES string of the molecule is O=C(c1ccc2c(c1)Oc1ccccc1N2C1CCNCC1)N1CCC(O)C1. The number of carbonyl (C=O) groups is 1.